The van der Waals surface area contributed by atoms with Crippen LogP contribution >= 0.6 is 0 Å². The van der Waals surface area contributed by atoms with E-state index < -0.39 is 23.9 Å². The zero-order valence-electron chi connectivity index (χ0n) is 19.8. The summed E-state index contributed by atoms with van der Waals surface area (Å²) >= 11 is 0. The van der Waals surface area contributed by atoms with Crippen molar-refractivity contribution < 1.29 is 23.9 Å². The first-order valence-corrected chi connectivity index (χ1v) is 11.4. The molecule has 0 heterocycles. The predicted octanol–water partition coefficient (Wildman–Crippen LogP) is 4.14. The van der Waals surface area contributed by atoms with E-state index in [2.05, 4.69) is 16.0 Å². The maximum absolute atomic E-state index is 12.6. The number of nitrogens with one attached hydrogen (secondary N) is 3. The average molecular weight is 466 g/mol. The first-order chi connectivity index (χ1) is 16.1. The third-order valence-corrected chi connectivity index (χ3v) is 5.51. The maximum atomic E-state index is 12.6. The van der Waals surface area contributed by atoms with Crippen LogP contribution in [0, 0.1) is 5.41 Å². The largest absolute Gasteiger partial charge is 0.452 e. The van der Waals surface area contributed by atoms with Crippen molar-refractivity contribution >= 4 is 35.1 Å². The highest BCUT2D eigenvalue weighted by Gasteiger charge is 2.22. The normalized spacial score (nSPS) is 13.7. The summed E-state index contributed by atoms with van der Waals surface area (Å²) in [7, 11) is 0. The lowest BCUT2D eigenvalue weighted by Crippen LogP contribution is -2.33. The van der Waals surface area contributed by atoms with Gasteiger partial charge in [0.15, 0.2) is 6.61 Å². The molecule has 1 fully saturated rings. The third kappa shape index (κ3) is 6.91. The Hall–Kier alpha value is -3.68. The fraction of sp³-hybridized carbons (Fsp3) is 0.385. The molecule has 0 radical (unpaired) electrons. The fourth-order valence-corrected chi connectivity index (χ4v) is 3.57. The molecule has 0 aliphatic heterocycles. The second-order valence-electron chi connectivity index (χ2n) is 9.41. The summed E-state index contributed by atoms with van der Waals surface area (Å²) in [5.41, 5.74) is 0.790. The monoisotopic (exact) mass is 465 g/mol. The number of rotatable bonds is 7. The summed E-state index contributed by atoms with van der Waals surface area (Å²) in [5.74, 6) is -1.69. The van der Waals surface area contributed by atoms with Gasteiger partial charge in [0.25, 0.3) is 11.8 Å². The molecule has 0 unspecified atom stereocenters. The highest BCUT2D eigenvalue weighted by molar-refractivity contribution is 6.04. The summed E-state index contributed by atoms with van der Waals surface area (Å²) in [6.45, 7) is 4.84. The van der Waals surface area contributed by atoms with Crippen LogP contribution in [0.25, 0.3) is 0 Å². The fourth-order valence-electron chi connectivity index (χ4n) is 3.57. The molecule has 3 rings (SSSR count). The van der Waals surface area contributed by atoms with Crippen molar-refractivity contribution in [1.82, 2.24) is 5.32 Å². The van der Waals surface area contributed by atoms with Crippen LogP contribution in [0.3, 0.4) is 0 Å². The van der Waals surface area contributed by atoms with E-state index in [9.17, 15) is 19.2 Å². The Morgan fingerprint density at radius 1 is 0.941 bits per heavy atom. The van der Waals surface area contributed by atoms with Crippen LogP contribution in [0.5, 0.6) is 0 Å². The zero-order chi connectivity index (χ0) is 24.7. The molecule has 0 bridgehead atoms. The van der Waals surface area contributed by atoms with Gasteiger partial charge in [0, 0.05) is 17.1 Å². The van der Waals surface area contributed by atoms with Gasteiger partial charge < -0.3 is 20.7 Å². The molecule has 180 valence electrons. The Bertz CT molecular complexity index is 1070. The van der Waals surface area contributed by atoms with E-state index in [1.807, 2.05) is 0 Å². The minimum absolute atomic E-state index is 0.154. The standard InChI is InChI=1S/C26H31N3O5/c1-26(2,3)25(33)28-19-12-8-9-17(15-19)24(32)34-16-22(30)29-21-14-7-6-13-20(21)23(31)27-18-10-4-5-11-18/h6-9,12-15,18H,4-5,10-11,16H2,1-3H3,(H,27,31)(H,28,33)(H,29,30). The molecular weight excluding hydrogens is 434 g/mol. The molecule has 2 aromatic carbocycles. The number of para-hydroxylation sites is 1. The van der Waals surface area contributed by atoms with Gasteiger partial charge in [-0.1, -0.05) is 51.8 Å². The molecule has 8 heteroatoms. The van der Waals surface area contributed by atoms with Gasteiger partial charge in [0.05, 0.1) is 16.8 Å². The highest BCUT2D eigenvalue weighted by Crippen LogP contribution is 2.21. The lowest BCUT2D eigenvalue weighted by molar-refractivity contribution is -0.123. The predicted molar refractivity (Wildman–Crippen MR) is 130 cm³/mol. The molecule has 0 aromatic heterocycles. The molecule has 1 aliphatic carbocycles. The third-order valence-electron chi connectivity index (χ3n) is 5.51. The van der Waals surface area contributed by atoms with E-state index in [-0.39, 0.29) is 23.4 Å². The van der Waals surface area contributed by atoms with Gasteiger partial charge in [-0.05, 0) is 43.2 Å². The highest BCUT2D eigenvalue weighted by atomic mass is 16.5. The van der Waals surface area contributed by atoms with Gasteiger partial charge in [-0.3, -0.25) is 14.4 Å². The van der Waals surface area contributed by atoms with Crippen molar-refractivity contribution in [2.75, 3.05) is 17.2 Å². The summed E-state index contributed by atoms with van der Waals surface area (Å²) in [4.78, 5) is 49.7. The van der Waals surface area contributed by atoms with Crippen LogP contribution in [0.1, 0.15) is 67.2 Å². The molecule has 0 saturated heterocycles. The van der Waals surface area contributed by atoms with Gasteiger partial charge >= 0.3 is 5.97 Å². The molecule has 0 atom stereocenters. The van der Waals surface area contributed by atoms with Crippen molar-refractivity contribution in [3.05, 3.63) is 59.7 Å². The van der Waals surface area contributed by atoms with Crippen LogP contribution in [-0.4, -0.2) is 36.3 Å². The number of benzene rings is 2. The Kier molecular flexibility index (Phi) is 8.04. The van der Waals surface area contributed by atoms with Crippen LogP contribution in [0.2, 0.25) is 0 Å². The van der Waals surface area contributed by atoms with Gasteiger partial charge in [-0.25, -0.2) is 4.79 Å². The molecule has 34 heavy (non-hydrogen) atoms. The van der Waals surface area contributed by atoms with E-state index in [4.69, 9.17) is 4.74 Å². The maximum Gasteiger partial charge on any atom is 0.338 e. The van der Waals surface area contributed by atoms with Gasteiger partial charge in [0.2, 0.25) is 5.91 Å². The lowest BCUT2D eigenvalue weighted by atomic mass is 9.95. The number of carbonyl (C=O) groups is 4. The Balaban J connectivity index is 1.56. The molecule has 2 aromatic rings. The van der Waals surface area contributed by atoms with E-state index in [1.165, 1.54) is 12.1 Å². The van der Waals surface area contributed by atoms with Crippen LogP contribution in [0.15, 0.2) is 48.5 Å². The second kappa shape index (κ2) is 11.0. The van der Waals surface area contributed by atoms with E-state index in [1.54, 1.807) is 57.2 Å². The smallest absolute Gasteiger partial charge is 0.338 e. The number of hydrogen-bond donors (Lipinski definition) is 3. The van der Waals surface area contributed by atoms with Gasteiger partial charge in [-0.2, -0.15) is 0 Å². The topological polar surface area (TPSA) is 114 Å². The van der Waals surface area contributed by atoms with Crippen molar-refractivity contribution in [3.63, 3.8) is 0 Å². The quantitative estimate of drug-likeness (QED) is 0.532. The average Bonchev–Trinajstić information content (AvgIpc) is 3.30. The van der Waals surface area contributed by atoms with E-state index in [0.29, 0.717) is 16.9 Å². The summed E-state index contributed by atoms with van der Waals surface area (Å²) in [6, 6.07) is 13.2. The molecule has 0 spiro atoms. The Morgan fingerprint density at radius 2 is 1.65 bits per heavy atom. The number of ether oxygens (including phenoxy) is 1. The number of carbonyl (C=O) groups excluding carboxylic acids is 4. The van der Waals surface area contributed by atoms with Crippen molar-refractivity contribution in [3.8, 4) is 0 Å². The number of hydrogen-bond acceptors (Lipinski definition) is 5. The van der Waals surface area contributed by atoms with Gasteiger partial charge in [-0.15, -0.1) is 0 Å². The van der Waals surface area contributed by atoms with Gasteiger partial charge in [0.1, 0.15) is 0 Å². The van der Waals surface area contributed by atoms with Crippen LogP contribution in [0.4, 0.5) is 11.4 Å². The molecule has 3 amide bonds. The molecule has 1 saturated carbocycles. The number of esters is 1. The summed E-state index contributed by atoms with van der Waals surface area (Å²) < 4.78 is 5.13. The summed E-state index contributed by atoms with van der Waals surface area (Å²) in [6.07, 6.45) is 4.11. The minimum atomic E-state index is -0.700. The van der Waals surface area contributed by atoms with Crippen LogP contribution < -0.4 is 16.0 Å². The Labute approximate surface area is 199 Å². The SMILES string of the molecule is CC(C)(C)C(=O)Nc1cccc(C(=O)OCC(=O)Nc2ccccc2C(=O)NC2CCCC2)c1. The number of anilines is 2. The van der Waals surface area contributed by atoms with Crippen molar-refractivity contribution in [2.24, 2.45) is 5.41 Å². The summed E-state index contributed by atoms with van der Waals surface area (Å²) in [5, 5.41) is 8.40. The van der Waals surface area contributed by atoms with Crippen LogP contribution in [-0.2, 0) is 14.3 Å². The first-order valence-electron chi connectivity index (χ1n) is 11.4. The molecule has 8 nitrogen and oxygen atoms in total. The van der Waals surface area contributed by atoms with Crippen molar-refractivity contribution in [2.45, 2.75) is 52.5 Å². The first kappa shape index (κ1) is 25.0. The van der Waals surface area contributed by atoms with E-state index >= 15 is 0 Å². The molecular formula is C26H31N3O5. The Morgan fingerprint density at radius 3 is 2.35 bits per heavy atom. The lowest BCUT2D eigenvalue weighted by Gasteiger charge is -2.18. The number of amides is 3. The minimum Gasteiger partial charge on any atom is -0.452 e. The molecule has 3 N–H and O–H groups in total. The van der Waals surface area contributed by atoms with E-state index in [0.717, 1.165) is 25.7 Å². The zero-order valence-corrected chi connectivity index (χ0v) is 19.8. The molecule has 1 aliphatic rings. The second-order valence-corrected chi connectivity index (χ2v) is 9.41. The van der Waals surface area contributed by atoms with Crippen molar-refractivity contribution in [1.29, 1.82) is 0 Å².